The van der Waals surface area contributed by atoms with Crippen molar-refractivity contribution in [3.63, 3.8) is 0 Å². The number of aromatic nitrogens is 2. The zero-order chi connectivity index (χ0) is 21.8. The molecule has 0 radical (unpaired) electrons. The summed E-state index contributed by atoms with van der Waals surface area (Å²) in [5.41, 5.74) is 0.446. The normalized spacial score (nSPS) is 11.9. The third kappa shape index (κ3) is 4.51. The van der Waals surface area contributed by atoms with Crippen LogP contribution in [0, 0.1) is 11.7 Å². The molecule has 2 aromatic heterocycles. The van der Waals surface area contributed by atoms with Crippen LogP contribution < -0.4 is 15.4 Å². The molecule has 0 saturated heterocycles. The summed E-state index contributed by atoms with van der Waals surface area (Å²) in [7, 11) is 3.19. The van der Waals surface area contributed by atoms with Crippen LogP contribution in [0.15, 0.2) is 47.2 Å². The second kappa shape index (κ2) is 8.81. The molecule has 9 heteroatoms. The van der Waals surface area contributed by atoms with Gasteiger partial charge >= 0.3 is 0 Å². The van der Waals surface area contributed by atoms with E-state index in [-0.39, 0.29) is 29.1 Å². The van der Waals surface area contributed by atoms with Crippen molar-refractivity contribution in [2.45, 2.75) is 19.9 Å². The first kappa shape index (κ1) is 21.1. The quantitative estimate of drug-likeness (QED) is 0.616. The predicted octanol–water partition coefficient (Wildman–Crippen LogP) is 3.54. The number of carbonyl (C=O) groups is 2. The van der Waals surface area contributed by atoms with Crippen molar-refractivity contribution >= 4 is 17.5 Å². The number of rotatable bonds is 7. The number of amides is 2. The Morgan fingerprint density at radius 1 is 1.23 bits per heavy atom. The van der Waals surface area contributed by atoms with Gasteiger partial charge in [0.15, 0.2) is 5.69 Å². The molecule has 3 rings (SSSR count). The molecule has 0 saturated carbocycles. The fourth-order valence-electron chi connectivity index (χ4n) is 2.87. The summed E-state index contributed by atoms with van der Waals surface area (Å²) in [5.74, 6) is -1.09. The lowest BCUT2D eigenvalue weighted by atomic mass is 10.0. The van der Waals surface area contributed by atoms with Crippen LogP contribution in [0.5, 0.6) is 5.75 Å². The predicted molar refractivity (Wildman–Crippen MR) is 108 cm³/mol. The van der Waals surface area contributed by atoms with Crippen molar-refractivity contribution in [3.8, 4) is 5.75 Å². The molecule has 0 unspecified atom stereocenters. The highest BCUT2D eigenvalue weighted by Gasteiger charge is 2.26. The maximum absolute atomic E-state index is 14.1. The Kier molecular flexibility index (Phi) is 6.20. The van der Waals surface area contributed by atoms with Gasteiger partial charge in [-0.15, -0.1) is 0 Å². The van der Waals surface area contributed by atoms with Crippen molar-refractivity contribution in [1.29, 1.82) is 0 Å². The van der Waals surface area contributed by atoms with Crippen LogP contribution in [-0.4, -0.2) is 28.5 Å². The van der Waals surface area contributed by atoms with Crippen LogP contribution in [0.4, 0.5) is 10.1 Å². The number of oxazole rings is 1. The molecule has 158 valence electrons. The zero-order valence-corrected chi connectivity index (χ0v) is 17.1. The van der Waals surface area contributed by atoms with Gasteiger partial charge in [-0.1, -0.05) is 13.8 Å². The average molecular weight is 414 g/mol. The van der Waals surface area contributed by atoms with Gasteiger partial charge in [0.25, 0.3) is 11.8 Å². The largest absolute Gasteiger partial charge is 0.497 e. The minimum Gasteiger partial charge on any atom is -0.497 e. The van der Waals surface area contributed by atoms with Gasteiger partial charge in [-0.05, 0) is 30.2 Å². The molecule has 0 bridgehead atoms. The minimum atomic E-state index is -0.638. The maximum Gasteiger partial charge on any atom is 0.277 e. The monoisotopic (exact) mass is 414 g/mol. The van der Waals surface area contributed by atoms with Crippen LogP contribution >= 0.6 is 0 Å². The number of nitrogens with zero attached hydrogens (tertiary/aromatic N) is 2. The highest BCUT2D eigenvalue weighted by Crippen LogP contribution is 2.24. The van der Waals surface area contributed by atoms with E-state index < -0.39 is 17.8 Å². The van der Waals surface area contributed by atoms with Crippen LogP contribution in [0.25, 0.3) is 0 Å². The lowest BCUT2D eigenvalue weighted by Crippen LogP contribution is -2.33. The van der Waals surface area contributed by atoms with Crippen molar-refractivity contribution in [3.05, 3.63) is 65.9 Å². The summed E-state index contributed by atoms with van der Waals surface area (Å²) in [6.07, 6.45) is 2.95. The number of carbonyl (C=O) groups excluding carboxylic acids is 2. The molecular formula is C21H23FN4O4. The smallest absolute Gasteiger partial charge is 0.277 e. The first-order valence-electron chi connectivity index (χ1n) is 9.32. The third-order valence-electron chi connectivity index (χ3n) is 4.57. The number of ether oxygens (including phenoxy) is 1. The SMILES string of the molecule is COc1ccc(NC(=O)c2coc([C@H](NC(=O)c3cccn3C)C(C)C)n2)c(F)c1. The number of hydrogen-bond donors (Lipinski definition) is 2. The summed E-state index contributed by atoms with van der Waals surface area (Å²) in [4.78, 5) is 29.2. The van der Waals surface area contributed by atoms with E-state index in [1.54, 1.807) is 29.9 Å². The van der Waals surface area contributed by atoms with Crippen LogP contribution in [0.1, 0.15) is 46.8 Å². The molecule has 0 spiro atoms. The van der Waals surface area contributed by atoms with Gasteiger partial charge < -0.3 is 24.4 Å². The molecule has 8 nitrogen and oxygen atoms in total. The van der Waals surface area contributed by atoms with Gasteiger partial charge in [0.05, 0.1) is 12.8 Å². The molecule has 30 heavy (non-hydrogen) atoms. The van der Waals surface area contributed by atoms with Crippen LogP contribution in [0.3, 0.4) is 0 Å². The standard InChI is InChI=1S/C21H23FN4O4/c1-12(2)18(25-20(28)17-6-5-9-26(17)3)21-24-16(11-30-21)19(27)23-15-8-7-13(29-4)10-14(15)22/h5-12,18H,1-4H3,(H,23,27)(H,25,28)/t18-/m1/s1. The fraction of sp³-hybridized carbons (Fsp3) is 0.286. The number of methoxy groups -OCH3 is 1. The molecule has 1 aromatic carbocycles. The van der Waals surface area contributed by atoms with E-state index in [1.165, 1.54) is 25.5 Å². The second-order valence-electron chi connectivity index (χ2n) is 7.07. The maximum atomic E-state index is 14.1. The van der Waals surface area contributed by atoms with E-state index in [4.69, 9.17) is 9.15 Å². The van der Waals surface area contributed by atoms with Crippen molar-refractivity contribution in [1.82, 2.24) is 14.9 Å². The summed E-state index contributed by atoms with van der Waals surface area (Å²) >= 11 is 0. The molecule has 0 fully saturated rings. The van der Waals surface area contributed by atoms with E-state index in [1.807, 2.05) is 13.8 Å². The summed E-state index contributed by atoms with van der Waals surface area (Å²) in [6.45, 7) is 3.79. The van der Waals surface area contributed by atoms with Gasteiger partial charge in [0, 0.05) is 19.3 Å². The Morgan fingerprint density at radius 2 is 2.00 bits per heavy atom. The number of aryl methyl sites for hydroxylation is 1. The Bertz CT molecular complexity index is 1060. The lowest BCUT2D eigenvalue weighted by molar-refractivity contribution is 0.0908. The molecule has 2 amide bonds. The van der Waals surface area contributed by atoms with Gasteiger partial charge in [0.2, 0.25) is 5.89 Å². The second-order valence-corrected chi connectivity index (χ2v) is 7.07. The molecule has 0 aliphatic rings. The average Bonchev–Trinajstić information content (AvgIpc) is 3.36. The van der Waals surface area contributed by atoms with Crippen molar-refractivity contribution < 1.29 is 23.1 Å². The Morgan fingerprint density at radius 3 is 2.60 bits per heavy atom. The van der Waals surface area contributed by atoms with Gasteiger partial charge in [-0.3, -0.25) is 9.59 Å². The van der Waals surface area contributed by atoms with Crippen LogP contribution in [-0.2, 0) is 7.05 Å². The molecule has 2 N–H and O–H groups in total. The highest BCUT2D eigenvalue weighted by molar-refractivity contribution is 6.02. The summed E-state index contributed by atoms with van der Waals surface area (Å²) in [5, 5.41) is 5.33. The molecule has 2 heterocycles. The van der Waals surface area contributed by atoms with E-state index in [0.29, 0.717) is 11.4 Å². The summed E-state index contributed by atoms with van der Waals surface area (Å²) < 4.78 is 26.2. The van der Waals surface area contributed by atoms with Gasteiger partial charge in [-0.2, -0.15) is 0 Å². The van der Waals surface area contributed by atoms with E-state index >= 15 is 0 Å². The molecular weight excluding hydrogens is 391 g/mol. The Labute approximate surface area is 173 Å². The topological polar surface area (TPSA) is 98.4 Å². The van der Waals surface area contributed by atoms with E-state index in [9.17, 15) is 14.0 Å². The zero-order valence-electron chi connectivity index (χ0n) is 17.1. The van der Waals surface area contributed by atoms with Gasteiger partial charge in [0.1, 0.15) is 29.6 Å². The van der Waals surface area contributed by atoms with Crippen LogP contribution in [0.2, 0.25) is 0 Å². The highest BCUT2D eigenvalue weighted by atomic mass is 19.1. The van der Waals surface area contributed by atoms with E-state index in [2.05, 4.69) is 15.6 Å². The lowest BCUT2D eigenvalue weighted by Gasteiger charge is -2.19. The number of benzene rings is 1. The number of nitrogens with one attached hydrogen (secondary N) is 2. The Hall–Kier alpha value is -3.62. The number of anilines is 1. The Balaban J connectivity index is 1.75. The number of hydrogen-bond acceptors (Lipinski definition) is 5. The number of halogens is 1. The molecule has 0 aliphatic heterocycles. The molecule has 0 aliphatic carbocycles. The minimum absolute atomic E-state index is 0.0113. The van der Waals surface area contributed by atoms with E-state index in [0.717, 1.165) is 6.07 Å². The first-order chi connectivity index (χ1) is 14.3. The third-order valence-corrected chi connectivity index (χ3v) is 4.57. The van der Waals surface area contributed by atoms with Crippen molar-refractivity contribution in [2.75, 3.05) is 12.4 Å². The van der Waals surface area contributed by atoms with Gasteiger partial charge in [-0.25, -0.2) is 9.37 Å². The first-order valence-corrected chi connectivity index (χ1v) is 9.32. The summed E-state index contributed by atoms with van der Waals surface area (Å²) in [6, 6.07) is 7.00. The molecule has 3 aromatic rings. The molecule has 1 atom stereocenters. The van der Waals surface area contributed by atoms with Crippen molar-refractivity contribution in [2.24, 2.45) is 13.0 Å². The fourth-order valence-corrected chi connectivity index (χ4v) is 2.87.